The number of aliphatic hydroxyl groups is 1. The summed E-state index contributed by atoms with van der Waals surface area (Å²) in [6.07, 6.45) is 3.63. The number of nitrogens with one attached hydrogen (secondary N) is 1. The van der Waals surface area contributed by atoms with Crippen LogP contribution in [0.2, 0.25) is 0 Å². The third kappa shape index (κ3) is 4.74. The molecule has 3 N–H and O–H groups in total. The van der Waals surface area contributed by atoms with E-state index in [4.69, 9.17) is 0 Å². The summed E-state index contributed by atoms with van der Waals surface area (Å²) >= 11 is 0. The van der Waals surface area contributed by atoms with Crippen molar-refractivity contribution < 1.29 is 15.0 Å². The second-order valence-corrected chi connectivity index (χ2v) is 7.01. The Labute approximate surface area is 126 Å². The molecule has 4 heteroatoms. The monoisotopic (exact) mass is 291 g/mol. The zero-order valence-electron chi connectivity index (χ0n) is 12.9. The van der Waals surface area contributed by atoms with Crippen molar-refractivity contribution in [1.82, 2.24) is 5.32 Å². The minimum Gasteiger partial charge on any atom is -0.508 e. The van der Waals surface area contributed by atoms with Gasteiger partial charge in [0.25, 0.3) is 0 Å². The molecule has 1 fully saturated rings. The molecular formula is C17H25NO3. The maximum atomic E-state index is 11.9. The summed E-state index contributed by atoms with van der Waals surface area (Å²) in [4.78, 5) is 11.9. The molecule has 2 rings (SSSR count). The van der Waals surface area contributed by atoms with Crippen LogP contribution in [0.1, 0.15) is 45.1 Å². The van der Waals surface area contributed by atoms with Crippen LogP contribution in [0.4, 0.5) is 0 Å². The Morgan fingerprint density at radius 1 is 1.24 bits per heavy atom. The van der Waals surface area contributed by atoms with E-state index in [1.165, 1.54) is 0 Å². The van der Waals surface area contributed by atoms with Crippen LogP contribution in [0.25, 0.3) is 0 Å². The van der Waals surface area contributed by atoms with E-state index >= 15 is 0 Å². The van der Waals surface area contributed by atoms with Crippen LogP contribution in [0.5, 0.6) is 5.75 Å². The smallest absolute Gasteiger partial charge is 0.224 e. The molecule has 21 heavy (non-hydrogen) atoms. The standard InChI is InChI=1S/C17H25NO3/c1-16(2)6-8-17(21,9-7-16)12-18-15(20)11-13-4-3-5-14(19)10-13/h3-5,10,19,21H,6-9,11-12H2,1-2H3,(H,18,20). The molecule has 0 spiro atoms. The van der Waals surface area contributed by atoms with Gasteiger partial charge in [-0.3, -0.25) is 4.79 Å². The van der Waals surface area contributed by atoms with Gasteiger partial charge in [0.05, 0.1) is 12.0 Å². The number of rotatable bonds is 4. The molecule has 0 saturated heterocycles. The molecule has 116 valence electrons. The predicted octanol–water partition coefficient (Wildman–Crippen LogP) is 2.38. The lowest BCUT2D eigenvalue weighted by atomic mass is 9.71. The Morgan fingerprint density at radius 2 is 1.90 bits per heavy atom. The second kappa shape index (κ2) is 6.06. The van der Waals surface area contributed by atoms with Gasteiger partial charge in [-0.15, -0.1) is 0 Å². The predicted molar refractivity (Wildman–Crippen MR) is 82.0 cm³/mol. The number of benzene rings is 1. The van der Waals surface area contributed by atoms with Crippen molar-refractivity contribution in [2.45, 2.75) is 51.6 Å². The van der Waals surface area contributed by atoms with Gasteiger partial charge in [0, 0.05) is 6.54 Å². The van der Waals surface area contributed by atoms with E-state index < -0.39 is 5.60 Å². The first-order chi connectivity index (χ1) is 9.78. The van der Waals surface area contributed by atoms with Gasteiger partial charge in [-0.1, -0.05) is 26.0 Å². The van der Waals surface area contributed by atoms with Gasteiger partial charge in [-0.2, -0.15) is 0 Å². The largest absolute Gasteiger partial charge is 0.508 e. The van der Waals surface area contributed by atoms with Crippen molar-refractivity contribution >= 4 is 5.91 Å². The molecule has 4 nitrogen and oxygen atoms in total. The lowest BCUT2D eigenvalue weighted by molar-refractivity contribution is -0.122. The van der Waals surface area contributed by atoms with Crippen molar-refractivity contribution in [1.29, 1.82) is 0 Å². The highest BCUT2D eigenvalue weighted by Gasteiger charge is 2.36. The normalized spacial score (nSPS) is 20.0. The third-order valence-electron chi connectivity index (χ3n) is 4.42. The highest BCUT2D eigenvalue weighted by atomic mass is 16.3. The molecule has 0 heterocycles. The van der Waals surface area contributed by atoms with E-state index in [0.717, 1.165) is 31.2 Å². The molecule has 1 aliphatic rings. The quantitative estimate of drug-likeness (QED) is 0.797. The first-order valence-corrected chi connectivity index (χ1v) is 7.55. The minimum atomic E-state index is -0.774. The Balaban J connectivity index is 1.81. The lowest BCUT2D eigenvalue weighted by Gasteiger charge is -2.40. The van der Waals surface area contributed by atoms with Gasteiger partial charge in [0.15, 0.2) is 0 Å². The van der Waals surface area contributed by atoms with Crippen LogP contribution in [0, 0.1) is 5.41 Å². The number of phenolic OH excluding ortho intramolecular Hbond substituents is 1. The summed E-state index contributed by atoms with van der Waals surface area (Å²) < 4.78 is 0. The third-order valence-corrected chi connectivity index (χ3v) is 4.42. The fraction of sp³-hybridized carbons (Fsp3) is 0.588. The summed E-state index contributed by atoms with van der Waals surface area (Å²) in [6, 6.07) is 6.68. The number of amides is 1. The highest BCUT2D eigenvalue weighted by molar-refractivity contribution is 5.78. The van der Waals surface area contributed by atoms with E-state index in [0.29, 0.717) is 6.54 Å². The first kappa shape index (κ1) is 15.8. The highest BCUT2D eigenvalue weighted by Crippen LogP contribution is 2.39. The van der Waals surface area contributed by atoms with Crippen LogP contribution < -0.4 is 5.32 Å². The Kier molecular flexibility index (Phi) is 4.57. The van der Waals surface area contributed by atoms with Crippen molar-refractivity contribution in [3.63, 3.8) is 0 Å². The van der Waals surface area contributed by atoms with Crippen LogP contribution in [-0.4, -0.2) is 28.3 Å². The fourth-order valence-corrected chi connectivity index (χ4v) is 2.75. The van der Waals surface area contributed by atoms with Crippen LogP contribution in [0.3, 0.4) is 0 Å². The number of phenols is 1. The molecular weight excluding hydrogens is 266 g/mol. The summed E-state index contributed by atoms with van der Waals surface area (Å²) in [6.45, 7) is 4.74. The Bertz CT molecular complexity index is 501. The van der Waals surface area contributed by atoms with Crippen molar-refractivity contribution in [3.8, 4) is 5.75 Å². The number of carbonyl (C=O) groups excluding carboxylic acids is 1. The van der Waals surface area contributed by atoms with E-state index in [1.54, 1.807) is 24.3 Å². The zero-order valence-corrected chi connectivity index (χ0v) is 12.9. The number of aromatic hydroxyl groups is 1. The maximum Gasteiger partial charge on any atom is 0.224 e. The molecule has 1 saturated carbocycles. The zero-order chi connectivity index (χ0) is 15.5. The summed E-state index contributed by atoms with van der Waals surface area (Å²) in [5, 5.41) is 22.7. The molecule has 0 aromatic heterocycles. The summed E-state index contributed by atoms with van der Waals surface area (Å²) in [5.74, 6) is 0.0345. The van der Waals surface area contributed by atoms with E-state index in [9.17, 15) is 15.0 Å². The van der Waals surface area contributed by atoms with Crippen LogP contribution in [-0.2, 0) is 11.2 Å². The van der Waals surface area contributed by atoms with Gasteiger partial charge < -0.3 is 15.5 Å². The molecule has 1 aromatic carbocycles. The molecule has 0 atom stereocenters. The molecule has 1 amide bonds. The maximum absolute atomic E-state index is 11.9. The van der Waals surface area contributed by atoms with Gasteiger partial charge in [0.2, 0.25) is 5.91 Å². The molecule has 0 radical (unpaired) electrons. The Hall–Kier alpha value is -1.55. The second-order valence-electron chi connectivity index (χ2n) is 7.01. The molecule has 1 aromatic rings. The topological polar surface area (TPSA) is 69.6 Å². The van der Waals surface area contributed by atoms with Crippen molar-refractivity contribution in [2.75, 3.05) is 6.54 Å². The average Bonchev–Trinajstić information content (AvgIpc) is 2.41. The molecule has 0 unspecified atom stereocenters. The molecule has 1 aliphatic carbocycles. The summed E-state index contributed by atoms with van der Waals surface area (Å²) in [5.41, 5.74) is 0.284. The fourth-order valence-electron chi connectivity index (χ4n) is 2.75. The van der Waals surface area contributed by atoms with Crippen LogP contribution in [0.15, 0.2) is 24.3 Å². The van der Waals surface area contributed by atoms with E-state index in [2.05, 4.69) is 19.2 Å². The SMILES string of the molecule is CC1(C)CCC(O)(CNC(=O)Cc2cccc(O)c2)CC1. The molecule has 0 bridgehead atoms. The van der Waals surface area contributed by atoms with Gasteiger partial charge >= 0.3 is 0 Å². The summed E-state index contributed by atoms with van der Waals surface area (Å²) in [7, 11) is 0. The van der Waals surface area contributed by atoms with E-state index in [-0.39, 0.29) is 23.5 Å². The molecule has 0 aliphatic heterocycles. The Morgan fingerprint density at radius 3 is 2.52 bits per heavy atom. The first-order valence-electron chi connectivity index (χ1n) is 7.55. The number of hydrogen-bond acceptors (Lipinski definition) is 3. The van der Waals surface area contributed by atoms with Crippen molar-refractivity contribution in [3.05, 3.63) is 29.8 Å². The average molecular weight is 291 g/mol. The minimum absolute atomic E-state index is 0.126. The van der Waals surface area contributed by atoms with Crippen molar-refractivity contribution in [2.24, 2.45) is 5.41 Å². The lowest BCUT2D eigenvalue weighted by Crippen LogP contribution is -2.46. The van der Waals surface area contributed by atoms with Crippen LogP contribution >= 0.6 is 0 Å². The number of carbonyl (C=O) groups is 1. The van der Waals surface area contributed by atoms with Gasteiger partial charge in [-0.05, 0) is 48.8 Å². The van der Waals surface area contributed by atoms with E-state index in [1.807, 2.05) is 0 Å². The number of hydrogen-bond donors (Lipinski definition) is 3. The van der Waals surface area contributed by atoms with Gasteiger partial charge in [-0.25, -0.2) is 0 Å². The van der Waals surface area contributed by atoms with Gasteiger partial charge in [0.1, 0.15) is 5.75 Å².